The molecule has 6 nitrogen and oxygen atoms in total. The van der Waals surface area contributed by atoms with E-state index in [1.807, 2.05) is 18.0 Å². The third-order valence-corrected chi connectivity index (χ3v) is 5.70. The SMILES string of the molecule is CC[C@H](C)CC(=O)N1CCc2c(cnc(C)c2CNC(=O)c2ccoc2C)C1. The normalized spacial score (nSPS) is 14.5. The smallest absolute Gasteiger partial charge is 0.255 e. The molecule has 0 radical (unpaired) electrons. The van der Waals surface area contributed by atoms with Gasteiger partial charge in [-0.1, -0.05) is 20.3 Å². The maximum atomic E-state index is 12.5. The lowest BCUT2D eigenvalue weighted by molar-refractivity contribution is -0.133. The Labute approximate surface area is 166 Å². The summed E-state index contributed by atoms with van der Waals surface area (Å²) in [5, 5.41) is 2.98. The van der Waals surface area contributed by atoms with E-state index in [-0.39, 0.29) is 11.8 Å². The molecule has 1 N–H and O–H groups in total. The summed E-state index contributed by atoms with van der Waals surface area (Å²) in [6, 6.07) is 1.68. The van der Waals surface area contributed by atoms with Gasteiger partial charge in [-0.25, -0.2) is 0 Å². The molecule has 0 aromatic carbocycles. The van der Waals surface area contributed by atoms with Crippen molar-refractivity contribution in [2.24, 2.45) is 5.92 Å². The summed E-state index contributed by atoms with van der Waals surface area (Å²) >= 11 is 0. The Hall–Kier alpha value is -2.63. The van der Waals surface area contributed by atoms with Crippen LogP contribution in [0.3, 0.4) is 0 Å². The van der Waals surface area contributed by atoms with E-state index < -0.39 is 0 Å². The summed E-state index contributed by atoms with van der Waals surface area (Å²) in [5.41, 5.74) is 4.82. The molecule has 1 aliphatic rings. The van der Waals surface area contributed by atoms with Gasteiger partial charge in [-0.05, 0) is 48.9 Å². The Bertz CT molecular complexity index is 872. The van der Waals surface area contributed by atoms with E-state index in [2.05, 4.69) is 24.1 Å². The topological polar surface area (TPSA) is 75.4 Å². The first-order valence-electron chi connectivity index (χ1n) is 9.97. The van der Waals surface area contributed by atoms with Crippen molar-refractivity contribution < 1.29 is 14.0 Å². The molecule has 0 spiro atoms. The lowest BCUT2D eigenvalue weighted by atomic mass is 9.94. The largest absolute Gasteiger partial charge is 0.469 e. The molecule has 6 heteroatoms. The number of nitrogens with zero attached hydrogens (tertiary/aromatic N) is 2. The number of amides is 2. The Kier molecular flexibility index (Phi) is 6.17. The Morgan fingerprint density at radius 3 is 2.82 bits per heavy atom. The van der Waals surface area contributed by atoms with Gasteiger partial charge in [0.05, 0.1) is 11.8 Å². The average Bonchev–Trinajstić information content (AvgIpc) is 3.12. The molecule has 28 heavy (non-hydrogen) atoms. The van der Waals surface area contributed by atoms with Gasteiger partial charge in [-0.3, -0.25) is 14.6 Å². The number of furan rings is 1. The van der Waals surface area contributed by atoms with Crippen LogP contribution >= 0.6 is 0 Å². The van der Waals surface area contributed by atoms with Crippen LogP contribution in [-0.2, 0) is 24.3 Å². The molecule has 1 atom stereocenters. The molecule has 2 aromatic rings. The molecule has 0 unspecified atom stereocenters. The number of hydrogen-bond donors (Lipinski definition) is 1. The number of fused-ring (bicyclic) bond motifs is 1. The fraction of sp³-hybridized carbons (Fsp3) is 0.500. The van der Waals surface area contributed by atoms with Crippen LogP contribution in [0.1, 0.15) is 65.2 Å². The first-order chi connectivity index (χ1) is 13.4. The summed E-state index contributed by atoms with van der Waals surface area (Å²) in [4.78, 5) is 31.4. The van der Waals surface area contributed by atoms with Crippen LogP contribution in [0.2, 0.25) is 0 Å². The van der Waals surface area contributed by atoms with Crippen LogP contribution in [0.15, 0.2) is 22.9 Å². The van der Waals surface area contributed by atoms with Gasteiger partial charge in [-0.15, -0.1) is 0 Å². The van der Waals surface area contributed by atoms with Crippen LogP contribution in [0.5, 0.6) is 0 Å². The summed E-state index contributed by atoms with van der Waals surface area (Å²) < 4.78 is 5.21. The summed E-state index contributed by atoms with van der Waals surface area (Å²) in [6.45, 7) is 9.70. The first-order valence-corrected chi connectivity index (χ1v) is 9.97. The zero-order valence-electron chi connectivity index (χ0n) is 17.2. The molecule has 3 heterocycles. The zero-order valence-corrected chi connectivity index (χ0v) is 17.2. The van der Waals surface area contributed by atoms with Crippen molar-refractivity contribution in [1.82, 2.24) is 15.2 Å². The highest BCUT2D eigenvalue weighted by atomic mass is 16.3. The van der Waals surface area contributed by atoms with Gasteiger partial charge < -0.3 is 14.6 Å². The van der Waals surface area contributed by atoms with Crippen LogP contribution in [-0.4, -0.2) is 28.2 Å². The van der Waals surface area contributed by atoms with Gasteiger partial charge in [0.1, 0.15) is 5.76 Å². The van der Waals surface area contributed by atoms with E-state index in [9.17, 15) is 9.59 Å². The van der Waals surface area contributed by atoms with Crippen LogP contribution < -0.4 is 5.32 Å². The van der Waals surface area contributed by atoms with E-state index in [0.29, 0.717) is 43.3 Å². The van der Waals surface area contributed by atoms with Crippen LogP contribution in [0.4, 0.5) is 0 Å². The third kappa shape index (κ3) is 4.26. The summed E-state index contributed by atoms with van der Waals surface area (Å²) in [5.74, 6) is 1.08. The van der Waals surface area contributed by atoms with Gasteiger partial charge in [0.25, 0.3) is 5.91 Å². The van der Waals surface area contributed by atoms with E-state index in [0.717, 1.165) is 29.7 Å². The number of carbonyl (C=O) groups is 2. The highest BCUT2D eigenvalue weighted by molar-refractivity contribution is 5.95. The molecule has 3 rings (SSSR count). The van der Waals surface area contributed by atoms with Crippen LogP contribution in [0.25, 0.3) is 0 Å². The maximum Gasteiger partial charge on any atom is 0.255 e. The quantitative estimate of drug-likeness (QED) is 0.828. The Morgan fingerprint density at radius 2 is 2.14 bits per heavy atom. The molecule has 0 fully saturated rings. The molecular weight excluding hydrogens is 354 g/mol. The van der Waals surface area contributed by atoms with Crippen molar-refractivity contribution >= 4 is 11.8 Å². The molecule has 0 bridgehead atoms. The van der Waals surface area contributed by atoms with Gasteiger partial charge in [0, 0.05) is 37.9 Å². The second-order valence-electron chi connectivity index (χ2n) is 7.68. The fourth-order valence-electron chi connectivity index (χ4n) is 3.63. The fourth-order valence-corrected chi connectivity index (χ4v) is 3.63. The minimum Gasteiger partial charge on any atom is -0.469 e. The standard InChI is InChI=1S/C22H29N3O3/c1-5-14(2)10-21(26)25-8-6-19-17(13-25)11-23-15(3)20(19)12-24-22(27)18-7-9-28-16(18)4/h7,9,11,14H,5-6,8,10,12-13H2,1-4H3,(H,24,27)/t14-/m0/s1. The van der Waals surface area contributed by atoms with Gasteiger partial charge >= 0.3 is 0 Å². The molecule has 1 aliphatic heterocycles. The van der Waals surface area contributed by atoms with Crippen molar-refractivity contribution in [2.45, 2.75) is 60.0 Å². The predicted molar refractivity (Wildman–Crippen MR) is 107 cm³/mol. The lowest BCUT2D eigenvalue weighted by Gasteiger charge is -2.31. The number of aryl methyl sites for hydroxylation is 2. The summed E-state index contributed by atoms with van der Waals surface area (Å²) in [7, 11) is 0. The highest BCUT2D eigenvalue weighted by Crippen LogP contribution is 2.25. The van der Waals surface area contributed by atoms with Crippen molar-refractivity contribution in [3.05, 3.63) is 52.2 Å². The van der Waals surface area contributed by atoms with E-state index in [4.69, 9.17) is 4.42 Å². The minimum atomic E-state index is -0.149. The van der Waals surface area contributed by atoms with Crippen molar-refractivity contribution in [3.8, 4) is 0 Å². The van der Waals surface area contributed by atoms with Gasteiger partial charge in [0.15, 0.2) is 0 Å². The van der Waals surface area contributed by atoms with Gasteiger partial charge in [-0.2, -0.15) is 0 Å². The van der Waals surface area contributed by atoms with Crippen molar-refractivity contribution in [2.75, 3.05) is 6.54 Å². The Balaban J connectivity index is 1.72. The first kappa shape index (κ1) is 20.1. The highest BCUT2D eigenvalue weighted by Gasteiger charge is 2.25. The number of aromatic nitrogens is 1. The van der Waals surface area contributed by atoms with Crippen molar-refractivity contribution in [3.63, 3.8) is 0 Å². The zero-order chi connectivity index (χ0) is 20.3. The van der Waals surface area contributed by atoms with E-state index in [1.165, 1.54) is 11.8 Å². The average molecular weight is 383 g/mol. The predicted octanol–water partition coefficient (Wildman–Crippen LogP) is 3.54. The van der Waals surface area contributed by atoms with E-state index in [1.54, 1.807) is 13.0 Å². The molecular formula is C22H29N3O3. The second kappa shape index (κ2) is 8.59. The molecule has 0 aliphatic carbocycles. The number of hydrogen-bond acceptors (Lipinski definition) is 4. The molecule has 2 aromatic heterocycles. The summed E-state index contributed by atoms with van der Waals surface area (Å²) in [6.07, 6.45) is 5.79. The van der Waals surface area contributed by atoms with Gasteiger partial charge in [0.2, 0.25) is 5.91 Å². The second-order valence-corrected chi connectivity index (χ2v) is 7.68. The molecule has 2 amide bonds. The monoisotopic (exact) mass is 383 g/mol. The number of rotatable bonds is 6. The molecule has 150 valence electrons. The maximum absolute atomic E-state index is 12.5. The Morgan fingerprint density at radius 1 is 1.36 bits per heavy atom. The van der Waals surface area contributed by atoms with E-state index >= 15 is 0 Å². The number of carbonyl (C=O) groups excluding carboxylic acids is 2. The number of pyridine rings is 1. The number of nitrogens with one attached hydrogen (secondary N) is 1. The third-order valence-electron chi connectivity index (χ3n) is 5.70. The molecule has 0 saturated heterocycles. The lowest BCUT2D eigenvalue weighted by Crippen LogP contribution is -2.37. The minimum absolute atomic E-state index is 0.149. The van der Waals surface area contributed by atoms with Crippen molar-refractivity contribution in [1.29, 1.82) is 0 Å². The molecule has 0 saturated carbocycles. The van der Waals surface area contributed by atoms with Crippen LogP contribution in [0, 0.1) is 19.8 Å².